The third-order valence-corrected chi connectivity index (χ3v) is 4.11. The molecule has 0 amide bonds. The minimum absolute atomic E-state index is 0.0615. The highest BCUT2D eigenvalue weighted by atomic mass is 32.2. The predicted octanol–water partition coefficient (Wildman–Crippen LogP) is 2.34. The minimum atomic E-state index is -4.67. The number of sulfone groups is 1. The summed E-state index contributed by atoms with van der Waals surface area (Å²) in [5.41, 5.74) is -1.18. The molecule has 7 nitrogen and oxygen atoms in total. The van der Waals surface area contributed by atoms with Gasteiger partial charge in [0, 0.05) is 12.3 Å². The molecule has 0 bridgehead atoms. The van der Waals surface area contributed by atoms with Crippen LogP contribution in [0, 0.1) is 0 Å². The molecule has 0 radical (unpaired) electrons. The zero-order valence-electron chi connectivity index (χ0n) is 12.0. The van der Waals surface area contributed by atoms with E-state index in [2.05, 4.69) is 15.1 Å². The van der Waals surface area contributed by atoms with Gasteiger partial charge >= 0.3 is 6.18 Å². The maximum Gasteiger partial charge on any atom is 0.433 e. The number of hydrogen-bond donors (Lipinski definition) is 0. The molecule has 3 rings (SSSR count). The average molecular weight is 358 g/mol. The van der Waals surface area contributed by atoms with E-state index in [0.29, 0.717) is 6.07 Å². The molecule has 1 aromatic carbocycles. The molecule has 24 heavy (non-hydrogen) atoms. The number of aromatic nitrogens is 4. The number of hydrogen-bond acceptors (Lipinski definition) is 6. The van der Waals surface area contributed by atoms with Crippen molar-refractivity contribution in [3.63, 3.8) is 0 Å². The molecule has 0 aliphatic heterocycles. The third-order valence-electron chi connectivity index (χ3n) is 2.98. The highest BCUT2D eigenvalue weighted by Crippen LogP contribution is 2.31. The van der Waals surface area contributed by atoms with Gasteiger partial charge in [0.15, 0.2) is 15.5 Å². The van der Waals surface area contributed by atoms with Crippen LogP contribution in [0.3, 0.4) is 0 Å². The molecule has 0 fully saturated rings. The maximum absolute atomic E-state index is 12.9. The van der Waals surface area contributed by atoms with Crippen molar-refractivity contribution in [2.24, 2.45) is 0 Å². The van der Waals surface area contributed by atoms with E-state index in [0.717, 1.165) is 17.1 Å². The van der Waals surface area contributed by atoms with Crippen molar-refractivity contribution in [2.75, 3.05) is 6.26 Å². The van der Waals surface area contributed by atoms with Crippen LogP contribution in [0.25, 0.3) is 5.78 Å². The summed E-state index contributed by atoms with van der Waals surface area (Å²) in [6.45, 7) is 0. The van der Waals surface area contributed by atoms with E-state index in [1.54, 1.807) is 0 Å². The SMILES string of the molecule is CS(=O)(=O)c1ccc(Oc2cc(C(F)(F)F)nc3ncnn23)cc1. The van der Waals surface area contributed by atoms with E-state index in [-0.39, 0.29) is 22.3 Å². The van der Waals surface area contributed by atoms with Crippen LogP contribution in [0.2, 0.25) is 0 Å². The molecule has 0 atom stereocenters. The second-order valence-electron chi connectivity index (χ2n) is 4.79. The van der Waals surface area contributed by atoms with Crippen molar-refractivity contribution < 1.29 is 26.3 Å². The van der Waals surface area contributed by atoms with Gasteiger partial charge in [-0.3, -0.25) is 0 Å². The first-order valence-electron chi connectivity index (χ1n) is 6.40. The van der Waals surface area contributed by atoms with Crippen LogP contribution in [-0.2, 0) is 16.0 Å². The summed E-state index contributed by atoms with van der Waals surface area (Å²) in [7, 11) is -3.39. The zero-order chi connectivity index (χ0) is 17.5. The Morgan fingerprint density at radius 1 is 1.17 bits per heavy atom. The van der Waals surface area contributed by atoms with Crippen molar-refractivity contribution >= 4 is 15.6 Å². The molecular formula is C13H9F3N4O3S. The lowest BCUT2D eigenvalue weighted by atomic mass is 10.3. The molecule has 0 aliphatic rings. The molecule has 0 N–H and O–H groups in total. The van der Waals surface area contributed by atoms with E-state index in [1.165, 1.54) is 24.3 Å². The maximum atomic E-state index is 12.9. The Kier molecular flexibility index (Phi) is 3.67. The molecule has 0 saturated carbocycles. The van der Waals surface area contributed by atoms with Crippen LogP contribution in [-0.4, -0.2) is 34.3 Å². The molecule has 3 aromatic rings. The number of alkyl halides is 3. The van der Waals surface area contributed by atoms with E-state index >= 15 is 0 Å². The molecule has 2 aromatic heterocycles. The van der Waals surface area contributed by atoms with E-state index in [9.17, 15) is 21.6 Å². The highest BCUT2D eigenvalue weighted by Gasteiger charge is 2.34. The standard InChI is InChI=1S/C13H9F3N4O3S/c1-24(21,22)9-4-2-8(3-5-9)23-11-6-10(13(14,15)16)19-12-17-7-18-20(11)12/h2-7H,1H3. The molecule has 126 valence electrons. The van der Waals surface area contributed by atoms with Crippen LogP contribution in [0.4, 0.5) is 13.2 Å². The lowest BCUT2D eigenvalue weighted by molar-refractivity contribution is -0.141. The summed E-state index contributed by atoms with van der Waals surface area (Å²) in [6, 6.07) is 5.91. The van der Waals surface area contributed by atoms with Gasteiger partial charge in [0.25, 0.3) is 5.78 Å². The van der Waals surface area contributed by atoms with E-state index in [1.807, 2.05) is 0 Å². The monoisotopic (exact) mass is 358 g/mol. The molecule has 2 heterocycles. The zero-order valence-corrected chi connectivity index (χ0v) is 12.8. The first-order valence-corrected chi connectivity index (χ1v) is 8.30. The molecule has 0 spiro atoms. The topological polar surface area (TPSA) is 86.5 Å². The summed E-state index contributed by atoms with van der Waals surface area (Å²) < 4.78 is 67.8. The molecule has 11 heteroatoms. The molecular weight excluding hydrogens is 349 g/mol. The Morgan fingerprint density at radius 2 is 1.83 bits per heavy atom. The fraction of sp³-hybridized carbons (Fsp3) is 0.154. The number of halogens is 3. The number of nitrogens with zero attached hydrogens (tertiary/aromatic N) is 4. The second kappa shape index (κ2) is 5.44. The lowest BCUT2D eigenvalue weighted by Crippen LogP contribution is -2.11. The van der Waals surface area contributed by atoms with Crippen molar-refractivity contribution in [3.8, 4) is 11.6 Å². The quantitative estimate of drug-likeness (QED) is 0.714. The number of rotatable bonds is 3. The van der Waals surface area contributed by atoms with Gasteiger partial charge in [-0.1, -0.05) is 0 Å². The van der Waals surface area contributed by atoms with Crippen molar-refractivity contribution in [1.29, 1.82) is 0 Å². The first-order chi connectivity index (χ1) is 11.1. The van der Waals surface area contributed by atoms with Crippen LogP contribution < -0.4 is 4.74 Å². The summed E-state index contributed by atoms with van der Waals surface area (Å²) >= 11 is 0. The highest BCUT2D eigenvalue weighted by molar-refractivity contribution is 7.90. The fourth-order valence-electron chi connectivity index (χ4n) is 1.88. The number of fused-ring (bicyclic) bond motifs is 1. The Hall–Kier alpha value is -2.69. The summed E-state index contributed by atoms with van der Waals surface area (Å²) in [5.74, 6) is -0.386. The smallest absolute Gasteiger partial charge is 0.433 e. The molecule has 0 aliphatic carbocycles. The van der Waals surface area contributed by atoms with Crippen LogP contribution in [0.1, 0.15) is 5.69 Å². The second-order valence-corrected chi connectivity index (χ2v) is 6.81. The van der Waals surface area contributed by atoms with Crippen molar-refractivity contribution in [3.05, 3.63) is 42.4 Å². The van der Waals surface area contributed by atoms with Crippen LogP contribution in [0.5, 0.6) is 11.6 Å². The predicted molar refractivity (Wildman–Crippen MR) is 75.4 cm³/mol. The van der Waals surface area contributed by atoms with Crippen molar-refractivity contribution in [2.45, 2.75) is 11.1 Å². The summed E-state index contributed by atoms with van der Waals surface area (Å²) in [6.07, 6.45) is -2.59. The molecule has 0 saturated heterocycles. The minimum Gasteiger partial charge on any atom is -0.439 e. The largest absolute Gasteiger partial charge is 0.439 e. The van der Waals surface area contributed by atoms with E-state index < -0.39 is 21.7 Å². The van der Waals surface area contributed by atoms with Gasteiger partial charge < -0.3 is 4.74 Å². The van der Waals surface area contributed by atoms with Crippen LogP contribution >= 0.6 is 0 Å². The van der Waals surface area contributed by atoms with Gasteiger partial charge in [-0.25, -0.2) is 13.4 Å². The van der Waals surface area contributed by atoms with Gasteiger partial charge in [-0.2, -0.15) is 27.8 Å². The van der Waals surface area contributed by atoms with Gasteiger partial charge in [-0.05, 0) is 24.3 Å². The Bertz CT molecular complexity index is 997. The normalized spacial score (nSPS) is 12.5. The third kappa shape index (κ3) is 3.15. The van der Waals surface area contributed by atoms with Gasteiger partial charge in [0.05, 0.1) is 4.90 Å². The average Bonchev–Trinajstić information content (AvgIpc) is 2.94. The van der Waals surface area contributed by atoms with Crippen molar-refractivity contribution in [1.82, 2.24) is 19.6 Å². The van der Waals surface area contributed by atoms with Crippen LogP contribution in [0.15, 0.2) is 41.6 Å². The van der Waals surface area contributed by atoms with Gasteiger partial charge in [0.2, 0.25) is 5.88 Å². The van der Waals surface area contributed by atoms with Gasteiger partial charge in [-0.15, -0.1) is 0 Å². The summed E-state index contributed by atoms with van der Waals surface area (Å²) in [5, 5.41) is 3.75. The first kappa shape index (κ1) is 16.2. The Morgan fingerprint density at radius 3 is 2.42 bits per heavy atom. The Labute approximate surface area is 133 Å². The summed E-state index contributed by atoms with van der Waals surface area (Å²) in [4.78, 5) is 7.04. The van der Waals surface area contributed by atoms with E-state index in [4.69, 9.17) is 4.74 Å². The lowest BCUT2D eigenvalue weighted by Gasteiger charge is -2.10. The Balaban J connectivity index is 2.02. The fourth-order valence-corrected chi connectivity index (χ4v) is 2.51. The molecule has 0 unspecified atom stereocenters. The van der Waals surface area contributed by atoms with Gasteiger partial charge in [0.1, 0.15) is 12.1 Å². The number of benzene rings is 1. The number of ether oxygens (including phenoxy) is 1.